The van der Waals surface area contributed by atoms with E-state index in [1.54, 1.807) is 30.3 Å². The van der Waals surface area contributed by atoms with E-state index in [4.69, 9.17) is 0 Å². The van der Waals surface area contributed by atoms with Gasteiger partial charge in [0.15, 0.2) is 0 Å². The second-order valence-corrected chi connectivity index (χ2v) is 9.11. The number of hydrogen-bond donors (Lipinski definition) is 1. The van der Waals surface area contributed by atoms with E-state index < -0.39 is 15.9 Å². The molecule has 5 nitrogen and oxygen atoms in total. The van der Waals surface area contributed by atoms with Crippen LogP contribution in [0.4, 0.5) is 0 Å². The second-order valence-electron chi connectivity index (χ2n) is 5.66. The lowest BCUT2D eigenvalue weighted by Gasteiger charge is -2.08. The van der Waals surface area contributed by atoms with Crippen molar-refractivity contribution in [2.24, 2.45) is 0 Å². The third kappa shape index (κ3) is 4.57. The van der Waals surface area contributed by atoms with Gasteiger partial charge < -0.3 is 0 Å². The summed E-state index contributed by atoms with van der Waals surface area (Å²) in [7, 11) is -3.95. The van der Waals surface area contributed by atoms with Crippen molar-refractivity contribution in [1.82, 2.24) is 9.71 Å². The number of aromatic nitrogens is 1. The molecule has 1 N–H and O–H groups in total. The topological polar surface area (TPSA) is 76.1 Å². The summed E-state index contributed by atoms with van der Waals surface area (Å²) in [6, 6.07) is 13.6. The fraction of sp³-hybridized carbons (Fsp3) is 0.111. The molecule has 0 aliphatic carbocycles. The Kier molecular flexibility index (Phi) is 5.55. The molecule has 0 bridgehead atoms. The van der Waals surface area contributed by atoms with Crippen molar-refractivity contribution in [3.63, 3.8) is 0 Å². The molecule has 8 heteroatoms. The third-order valence-electron chi connectivity index (χ3n) is 3.51. The minimum absolute atomic E-state index is 0.0238. The predicted molar refractivity (Wildman–Crippen MR) is 105 cm³/mol. The van der Waals surface area contributed by atoms with E-state index in [2.05, 4.69) is 25.6 Å². The Morgan fingerprint density at radius 3 is 2.65 bits per heavy atom. The zero-order valence-corrected chi connectivity index (χ0v) is 17.0. The van der Waals surface area contributed by atoms with Gasteiger partial charge in [0.1, 0.15) is 5.01 Å². The number of amides is 1. The van der Waals surface area contributed by atoms with E-state index in [1.165, 1.54) is 23.5 Å². The van der Waals surface area contributed by atoms with E-state index in [1.807, 2.05) is 18.4 Å². The number of aryl methyl sites for hydroxylation is 1. The molecule has 0 saturated heterocycles. The minimum atomic E-state index is -3.95. The highest BCUT2D eigenvalue weighted by Gasteiger charge is 2.19. The van der Waals surface area contributed by atoms with E-state index >= 15 is 0 Å². The molecule has 3 aromatic rings. The van der Waals surface area contributed by atoms with Crippen molar-refractivity contribution < 1.29 is 13.2 Å². The third-order valence-corrected chi connectivity index (χ3v) is 6.39. The maximum atomic E-state index is 12.5. The molecule has 0 aliphatic heterocycles. The second kappa shape index (κ2) is 7.69. The zero-order valence-electron chi connectivity index (χ0n) is 13.8. The average Bonchev–Trinajstić information content (AvgIpc) is 3.01. The van der Waals surface area contributed by atoms with Crippen LogP contribution in [0.1, 0.15) is 11.3 Å². The summed E-state index contributed by atoms with van der Waals surface area (Å²) in [5.41, 5.74) is 2.30. The standard InChI is InChI=1S/C18H15BrN2O3S2/c1-12-11-25-18(20-12)14-5-3-7-16(10-14)26(23,24)21-17(22)9-13-4-2-6-15(19)8-13/h2-8,10-11H,9H2,1H3,(H,21,22). The maximum absolute atomic E-state index is 12.5. The van der Waals surface area contributed by atoms with E-state index in [0.717, 1.165) is 20.7 Å². The van der Waals surface area contributed by atoms with Gasteiger partial charge in [-0.1, -0.05) is 40.2 Å². The van der Waals surface area contributed by atoms with Crippen LogP contribution in [0, 0.1) is 6.92 Å². The van der Waals surface area contributed by atoms with Crippen molar-refractivity contribution >= 4 is 43.2 Å². The molecule has 0 fully saturated rings. The Morgan fingerprint density at radius 1 is 1.19 bits per heavy atom. The Balaban J connectivity index is 1.78. The van der Waals surface area contributed by atoms with Crippen molar-refractivity contribution in [2.75, 3.05) is 0 Å². The van der Waals surface area contributed by atoms with E-state index in [0.29, 0.717) is 5.56 Å². The van der Waals surface area contributed by atoms with Gasteiger partial charge in [-0.2, -0.15) is 0 Å². The fourth-order valence-electron chi connectivity index (χ4n) is 2.36. The quantitative estimate of drug-likeness (QED) is 0.638. The molecule has 0 radical (unpaired) electrons. The van der Waals surface area contributed by atoms with Crippen molar-refractivity contribution in [3.05, 3.63) is 69.6 Å². The van der Waals surface area contributed by atoms with E-state index in [-0.39, 0.29) is 11.3 Å². The molecule has 1 amide bonds. The Hall–Kier alpha value is -2.03. The Labute approximate surface area is 164 Å². The molecule has 1 heterocycles. The van der Waals surface area contributed by atoms with Crippen LogP contribution in [0.2, 0.25) is 0 Å². The summed E-state index contributed by atoms with van der Waals surface area (Å²) in [4.78, 5) is 16.5. The molecule has 26 heavy (non-hydrogen) atoms. The number of rotatable bonds is 5. The van der Waals surface area contributed by atoms with Gasteiger partial charge >= 0.3 is 0 Å². The van der Waals surface area contributed by atoms with Gasteiger partial charge in [-0.25, -0.2) is 18.1 Å². The molecule has 0 spiro atoms. The molecule has 3 rings (SSSR count). The Bertz CT molecular complexity index is 1060. The SMILES string of the molecule is Cc1csc(-c2cccc(S(=O)(=O)NC(=O)Cc3cccc(Br)c3)c2)n1. The number of benzene rings is 2. The van der Waals surface area contributed by atoms with E-state index in [9.17, 15) is 13.2 Å². The normalized spacial score (nSPS) is 11.3. The van der Waals surface area contributed by atoms with Gasteiger partial charge in [-0.15, -0.1) is 11.3 Å². The molecular formula is C18H15BrN2O3S2. The highest BCUT2D eigenvalue weighted by Crippen LogP contribution is 2.25. The molecule has 0 saturated carbocycles. The number of carbonyl (C=O) groups is 1. The lowest BCUT2D eigenvalue weighted by Crippen LogP contribution is -2.31. The maximum Gasteiger partial charge on any atom is 0.264 e. The highest BCUT2D eigenvalue weighted by atomic mass is 79.9. The van der Waals surface area contributed by atoms with Crippen LogP contribution in [0.15, 0.2) is 63.3 Å². The van der Waals surface area contributed by atoms with Crippen LogP contribution in [0.5, 0.6) is 0 Å². The zero-order chi connectivity index (χ0) is 18.7. The van der Waals surface area contributed by atoms with Crippen molar-refractivity contribution in [3.8, 4) is 10.6 Å². The predicted octanol–water partition coefficient (Wildman–Crippen LogP) is 3.93. The summed E-state index contributed by atoms with van der Waals surface area (Å²) < 4.78 is 28.0. The lowest BCUT2D eigenvalue weighted by atomic mass is 10.1. The lowest BCUT2D eigenvalue weighted by molar-refractivity contribution is -0.118. The number of thiazole rings is 1. The van der Waals surface area contributed by atoms with Crippen LogP contribution in [0.3, 0.4) is 0 Å². The number of carbonyl (C=O) groups excluding carboxylic acids is 1. The molecule has 1 aromatic heterocycles. The monoisotopic (exact) mass is 450 g/mol. The first-order valence-electron chi connectivity index (χ1n) is 7.66. The first kappa shape index (κ1) is 18.8. The molecular weight excluding hydrogens is 436 g/mol. The van der Waals surface area contributed by atoms with Crippen LogP contribution in [-0.4, -0.2) is 19.3 Å². The van der Waals surface area contributed by atoms with Crippen molar-refractivity contribution in [2.45, 2.75) is 18.2 Å². The summed E-state index contributed by atoms with van der Waals surface area (Å²) >= 11 is 4.77. The van der Waals surface area contributed by atoms with Gasteiger partial charge in [0, 0.05) is 21.1 Å². The molecule has 0 atom stereocenters. The fourth-order valence-corrected chi connectivity index (χ4v) is 4.63. The molecule has 0 unspecified atom stereocenters. The first-order chi connectivity index (χ1) is 12.3. The summed E-state index contributed by atoms with van der Waals surface area (Å²) in [5.74, 6) is -0.585. The van der Waals surface area contributed by atoms with Crippen LogP contribution in [0.25, 0.3) is 10.6 Å². The van der Waals surface area contributed by atoms with Crippen LogP contribution in [-0.2, 0) is 21.2 Å². The van der Waals surface area contributed by atoms with Gasteiger partial charge in [0.25, 0.3) is 10.0 Å². The molecule has 134 valence electrons. The van der Waals surface area contributed by atoms with Gasteiger partial charge in [-0.3, -0.25) is 4.79 Å². The van der Waals surface area contributed by atoms with Gasteiger partial charge in [0.05, 0.1) is 11.3 Å². The smallest absolute Gasteiger partial charge is 0.264 e. The molecule has 0 aliphatic rings. The number of hydrogen-bond acceptors (Lipinski definition) is 5. The number of halogens is 1. The number of nitrogens with zero attached hydrogens (tertiary/aromatic N) is 1. The van der Waals surface area contributed by atoms with Crippen molar-refractivity contribution in [1.29, 1.82) is 0 Å². The van der Waals surface area contributed by atoms with Crippen LogP contribution < -0.4 is 4.72 Å². The Morgan fingerprint density at radius 2 is 1.96 bits per heavy atom. The number of nitrogens with one attached hydrogen (secondary N) is 1. The highest BCUT2D eigenvalue weighted by molar-refractivity contribution is 9.10. The average molecular weight is 451 g/mol. The molecule has 2 aromatic carbocycles. The number of sulfonamides is 1. The summed E-state index contributed by atoms with van der Waals surface area (Å²) in [6.45, 7) is 1.88. The first-order valence-corrected chi connectivity index (χ1v) is 10.8. The largest absolute Gasteiger partial charge is 0.274 e. The van der Waals surface area contributed by atoms with Crippen LogP contribution >= 0.6 is 27.3 Å². The van der Waals surface area contributed by atoms with Gasteiger partial charge in [0.2, 0.25) is 5.91 Å². The summed E-state index contributed by atoms with van der Waals surface area (Å²) in [6.07, 6.45) is -0.0238. The minimum Gasteiger partial charge on any atom is -0.274 e. The summed E-state index contributed by atoms with van der Waals surface area (Å²) in [5, 5.41) is 2.64. The van der Waals surface area contributed by atoms with Gasteiger partial charge in [-0.05, 0) is 36.8 Å².